The minimum absolute atomic E-state index is 0.0875. The molecule has 3 aromatic heterocycles. The summed E-state index contributed by atoms with van der Waals surface area (Å²) < 4.78 is 58.5. The molecule has 3 aromatic carbocycles. The predicted molar refractivity (Wildman–Crippen MR) is 209 cm³/mol. The van der Waals surface area contributed by atoms with E-state index in [2.05, 4.69) is 15.6 Å². The Morgan fingerprint density at radius 1 is 0.912 bits per heavy atom. The summed E-state index contributed by atoms with van der Waals surface area (Å²) in [6, 6.07) is 24.9. The van der Waals surface area contributed by atoms with Crippen molar-refractivity contribution in [2.75, 3.05) is 31.5 Å². The zero-order chi connectivity index (χ0) is 40.1. The summed E-state index contributed by atoms with van der Waals surface area (Å²) in [5.74, 6) is 0.933. The fraction of sp³-hybridized carbons (Fsp3) is 0.262. The van der Waals surface area contributed by atoms with E-state index >= 15 is 0 Å². The van der Waals surface area contributed by atoms with Crippen LogP contribution in [0, 0.1) is 0 Å². The van der Waals surface area contributed by atoms with Gasteiger partial charge in [0, 0.05) is 42.7 Å². The Bertz CT molecular complexity index is 2370. The molecular formula is C42H40F3N7O5. The van der Waals surface area contributed by atoms with E-state index in [4.69, 9.17) is 24.3 Å². The van der Waals surface area contributed by atoms with Crippen LogP contribution in [0.5, 0.6) is 11.5 Å². The van der Waals surface area contributed by atoms with Crippen LogP contribution in [0.3, 0.4) is 0 Å². The van der Waals surface area contributed by atoms with E-state index in [0.717, 1.165) is 59.7 Å². The highest BCUT2D eigenvalue weighted by atomic mass is 19.4. The molecule has 1 fully saturated rings. The molecule has 15 heteroatoms. The molecule has 1 aliphatic rings. The number of nitrogens with zero attached hydrogens (tertiary/aromatic N) is 5. The van der Waals surface area contributed by atoms with Crippen molar-refractivity contribution in [2.45, 2.75) is 50.6 Å². The van der Waals surface area contributed by atoms with Gasteiger partial charge in [0.05, 0.1) is 42.4 Å². The molecular weight excluding hydrogens is 739 g/mol. The van der Waals surface area contributed by atoms with Crippen LogP contribution in [-0.2, 0) is 17.5 Å². The maximum absolute atomic E-state index is 13.3. The fourth-order valence-corrected chi connectivity index (χ4v) is 7.07. The van der Waals surface area contributed by atoms with Crippen LogP contribution in [0.25, 0.3) is 22.2 Å². The number of benzene rings is 3. The van der Waals surface area contributed by atoms with Crippen LogP contribution in [-0.4, -0.2) is 59.1 Å². The highest BCUT2D eigenvalue weighted by Crippen LogP contribution is 2.42. The first-order chi connectivity index (χ1) is 27.5. The fourth-order valence-electron chi connectivity index (χ4n) is 7.07. The van der Waals surface area contributed by atoms with Gasteiger partial charge in [-0.15, -0.1) is 0 Å². The summed E-state index contributed by atoms with van der Waals surface area (Å²) in [4.78, 5) is 36.6. The predicted octanol–water partition coefficient (Wildman–Crippen LogP) is 8.96. The summed E-state index contributed by atoms with van der Waals surface area (Å²) in [6.45, 7) is 0.167. The number of pyridine rings is 2. The highest BCUT2D eigenvalue weighted by Gasteiger charge is 2.32. The molecule has 1 saturated carbocycles. The molecule has 2 N–H and O–H groups in total. The van der Waals surface area contributed by atoms with Crippen LogP contribution in [0.2, 0.25) is 0 Å². The lowest BCUT2D eigenvalue weighted by molar-refractivity contribution is -0.137. The summed E-state index contributed by atoms with van der Waals surface area (Å²) in [6.07, 6.45) is 0.710. The van der Waals surface area contributed by atoms with Gasteiger partial charge in [0.2, 0.25) is 0 Å². The van der Waals surface area contributed by atoms with Crippen molar-refractivity contribution in [1.82, 2.24) is 25.1 Å². The molecule has 294 valence electrons. The molecule has 0 radical (unpaired) electrons. The second-order valence-corrected chi connectivity index (χ2v) is 13.6. The first-order valence-electron chi connectivity index (χ1n) is 18.3. The van der Waals surface area contributed by atoms with Gasteiger partial charge >= 0.3 is 12.3 Å². The number of carbonyl (C=O) groups is 2. The average Bonchev–Trinajstić information content (AvgIpc) is 3.63. The second-order valence-electron chi connectivity index (χ2n) is 13.6. The number of ether oxygens (including phenoxy) is 3. The maximum Gasteiger partial charge on any atom is 0.416 e. The third kappa shape index (κ3) is 8.62. The zero-order valence-electron chi connectivity index (χ0n) is 31.4. The zero-order valence-corrected chi connectivity index (χ0v) is 31.4. The quantitative estimate of drug-likeness (QED) is 0.132. The van der Waals surface area contributed by atoms with E-state index in [0.29, 0.717) is 35.0 Å². The average molecular weight is 780 g/mol. The third-order valence-electron chi connectivity index (χ3n) is 9.94. The minimum Gasteiger partial charge on any atom is -0.497 e. The summed E-state index contributed by atoms with van der Waals surface area (Å²) in [5, 5.41) is 11.4. The summed E-state index contributed by atoms with van der Waals surface area (Å²) in [7, 11) is 5.04. The second kappa shape index (κ2) is 16.6. The van der Waals surface area contributed by atoms with Gasteiger partial charge in [-0.25, -0.2) is 14.8 Å². The monoisotopic (exact) mass is 779 g/mol. The van der Waals surface area contributed by atoms with Crippen molar-refractivity contribution >= 4 is 40.2 Å². The number of hydrogen-bond donors (Lipinski definition) is 2. The molecule has 2 amide bonds. The van der Waals surface area contributed by atoms with Gasteiger partial charge in [0.15, 0.2) is 0 Å². The van der Waals surface area contributed by atoms with Crippen molar-refractivity contribution in [3.63, 3.8) is 0 Å². The smallest absolute Gasteiger partial charge is 0.416 e. The largest absolute Gasteiger partial charge is 0.497 e. The van der Waals surface area contributed by atoms with Gasteiger partial charge in [-0.1, -0.05) is 42.5 Å². The molecule has 0 aliphatic heterocycles. The molecule has 1 aliphatic carbocycles. The number of alkyl carbamates (subject to hydrolysis) is 1. The van der Waals surface area contributed by atoms with Crippen LogP contribution in [0.1, 0.15) is 53.2 Å². The number of alkyl halides is 3. The number of halogens is 3. The topological polar surface area (TPSA) is 133 Å². The molecule has 0 saturated heterocycles. The molecule has 1 unspecified atom stereocenters. The maximum atomic E-state index is 13.3. The number of nitrogens with one attached hydrogen (secondary N) is 2. The number of methoxy groups -OCH3 is 2. The Balaban J connectivity index is 1.21. The van der Waals surface area contributed by atoms with Gasteiger partial charge < -0.3 is 29.7 Å². The third-order valence-corrected chi connectivity index (χ3v) is 9.94. The number of hydrogen-bond acceptors (Lipinski definition) is 9. The van der Waals surface area contributed by atoms with Crippen molar-refractivity contribution in [3.8, 4) is 22.8 Å². The number of carbonyl (C=O) groups excluding carboxylic acids is 2. The molecule has 57 heavy (non-hydrogen) atoms. The van der Waals surface area contributed by atoms with Crippen LogP contribution in [0.4, 0.5) is 35.3 Å². The van der Waals surface area contributed by atoms with E-state index < -0.39 is 23.7 Å². The van der Waals surface area contributed by atoms with Gasteiger partial charge in [-0.3, -0.25) is 9.48 Å². The van der Waals surface area contributed by atoms with E-state index in [9.17, 15) is 22.8 Å². The first-order valence-corrected chi connectivity index (χ1v) is 18.3. The van der Waals surface area contributed by atoms with Gasteiger partial charge in [-0.2, -0.15) is 18.3 Å². The number of aromatic nitrogens is 4. The Kier molecular flexibility index (Phi) is 11.3. The van der Waals surface area contributed by atoms with Gasteiger partial charge in [0.25, 0.3) is 5.91 Å². The SMILES string of the molecule is COc1ccc(N(C)c2nccc3c2c(-c2ccc(C(=O)Nc4cc(C(F)(F)F)ccn4)cc2)nn3C2CCC[C@@H](NC(=O)OCc3ccccc3)C2)c(OC)c1. The van der Waals surface area contributed by atoms with E-state index in [1.54, 1.807) is 50.7 Å². The van der Waals surface area contributed by atoms with E-state index in [1.165, 1.54) is 0 Å². The molecule has 12 nitrogen and oxygen atoms in total. The highest BCUT2D eigenvalue weighted by molar-refractivity contribution is 6.05. The van der Waals surface area contributed by atoms with Crippen molar-refractivity contribution in [2.24, 2.45) is 0 Å². The lowest BCUT2D eigenvalue weighted by Gasteiger charge is -2.30. The van der Waals surface area contributed by atoms with E-state index in [1.807, 2.05) is 65.2 Å². The minimum atomic E-state index is -4.58. The van der Waals surface area contributed by atoms with Crippen LogP contribution < -0.4 is 25.0 Å². The summed E-state index contributed by atoms with van der Waals surface area (Å²) in [5.41, 5.74) is 2.99. The number of amides is 2. The van der Waals surface area contributed by atoms with Crippen molar-refractivity contribution in [3.05, 3.63) is 120 Å². The number of fused-ring (bicyclic) bond motifs is 1. The normalized spacial score (nSPS) is 15.5. The van der Waals surface area contributed by atoms with Crippen molar-refractivity contribution in [1.29, 1.82) is 0 Å². The van der Waals surface area contributed by atoms with Gasteiger partial charge in [-0.05, 0) is 73.7 Å². The Labute approximate surface area is 326 Å². The Morgan fingerprint density at radius 3 is 2.42 bits per heavy atom. The first kappa shape index (κ1) is 38.6. The van der Waals surface area contributed by atoms with E-state index in [-0.39, 0.29) is 30.1 Å². The standard InChI is InChI=1S/C42H40F3N7O5/c1-51(33-17-16-32(55-2)24-35(33)56-3)39-37-34(19-21-47-39)52(31-11-7-10-30(23-31)48-41(54)57-25-26-8-5-4-6-9-26)50-38(37)27-12-14-28(15-13-27)40(53)49-36-22-29(18-20-46-36)42(43,44)45/h4-6,8-9,12-22,24,30-31H,7,10-11,23,25H2,1-3H3,(H,48,54)(H,46,49,53)/t30-,31?/m1/s1. The lowest BCUT2D eigenvalue weighted by Crippen LogP contribution is -2.39. The molecule has 0 spiro atoms. The molecule has 6 aromatic rings. The molecule has 2 atom stereocenters. The molecule has 7 rings (SSSR count). The molecule has 0 bridgehead atoms. The number of rotatable bonds is 11. The van der Waals surface area contributed by atoms with Crippen LogP contribution >= 0.6 is 0 Å². The summed E-state index contributed by atoms with van der Waals surface area (Å²) >= 11 is 0. The van der Waals surface area contributed by atoms with Crippen molar-refractivity contribution < 1.29 is 37.0 Å². The Hall–Kier alpha value is -6.64. The van der Waals surface area contributed by atoms with Gasteiger partial charge in [0.1, 0.15) is 35.4 Å². The van der Waals surface area contributed by atoms with Crippen LogP contribution in [0.15, 0.2) is 103 Å². The number of anilines is 3. The lowest BCUT2D eigenvalue weighted by atomic mass is 9.91. The molecule has 3 heterocycles. The Morgan fingerprint density at radius 2 is 1.68 bits per heavy atom.